The molecule has 0 aliphatic carbocycles. The van der Waals surface area contributed by atoms with E-state index in [-0.39, 0.29) is 5.97 Å². The molecule has 12 heavy (non-hydrogen) atoms. The number of ether oxygens (including phenoxy) is 1. The van der Waals surface area contributed by atoms with Crippen molar-refractivity contribution in [3.05, 3.63) is 23.5 Å². The van der Waals surface area contributed by atoms with Gasteiger partial charge in [-0.25, -0.2) is 4.79 Å². The van der Waals surface area contributed by atoms with Crippen LogP contribution >= 0.6 is 0 Å². The van der Waals surface area contributed by atoms with Crippen molar-refractivity contribution in [2.45, 2.75) is 6.42 Å². The third-order valence-electron chi connectivity index (χ3n) is 1.52. The van der Waals surface area contributed by atoms with Gasteiger partial charge in [0, 0.05) is 12.6 Å². The van der Waals surface area contributed by atoms with Crippen LogP contribution in [0.4, 0.5) is 0 Å². The molecule has 0 radical (unpaired) electrons. The molecule has 0 saturated heterocycles. The van der Waals surface area contributed by atoms with E-state index in [1.165, 1.54) is 7.11 Å². The van der Waals surface area contributed by atoms with Gasteiger partial charge in [-0.15, -0.1) is 12.3 Å². The number of hydrogen-bond acceptors (Lipinski definition) is 2. The molecule has 0 aliphatic rings. The third-order valence-corrected chi connectivity index (χ3v) is 1.52. The second kappa shape index (κ2) is 3.63. The number of esters is 1. The molecule has 3 heteroatoms. The summed E-state index contributed by atoms with van der Waals surface area (Å²) in [4.78, 5) is 13.8. The molecule has 1 N–H and O–H groups in total. The average molecular weight is 163 g/mol. The van der Waals surface area contributed by atoms with Crippen LogP contribution in [0.5, 0.6) is 0 Å². The monoisotopic (exact) mass is 163 g/mol. The van der Waals surface area contributed by atoms with Gasteiger partial charge in [-0.2, -0.15) is 0 Å². The Labute approximate surface area is 70.7 Å². The van der Waals surface area contributed by atoms with Gasteiger partial charge in [0.1, 0.15) is 5.69 Å². The fraction of sp³-hybridized carbons (Fsp3) is 0.222. The Kier molecular flexibility index (Phi) is 2.54. The van der Waals surface area contributed by atoms with E-state index in [4.69, 9.17) is 6.42 Å². The summed E-state index contributed by atoms with van der Waals surface area (Å²) >= 11 is 0. The SMILES string of the molecule is C#CCc1cc[nH]c1C(=O)OC. The van der Waals surface area contributed by atoms with E-state index in [9.17, 15) is 4.79 Å². The first-order valence-corrected chi connectivity index (χ1v) is 3.47. The summed E-state index contributed by atoms with van der Waals surface area (Å²) in [5, 5.41) is 0. The van der Waals surface area contributed by atoms with Crippen LogP contribution in [0.1, 0.15) is 16.1 Å². The van der Waals surface area contributed by atoms with Crippen LogP contribution in [0.2, 0.25) is 0 Å². The second-order valence-corrected chi connectivity index (χ2v) is 2.25. The molecule has 0 aromatic carbocycles. The van der Waals surface area contributed by atoms with Crippen molar-refractivity contribution >= 4 is 5.97 Å². The molecule has 0 atom stereocenters. The number of aromatic amines is 1. The maximum Gasteiger partial charge on any atom is 0.354 e. The molecule has 1 rings (SSSR count). The van der Waals surface area contributed by atoms with Crippen molar-refractivity contribution in [1.29, 1.82) is 0 Å². The number of terminal acetylenes is 1. The predicted molar refractivity (Wildman–Crippen MR) is 44.7 cm³/mol. The summed E-state index contributed by atoms with van der Waals surface area (Å²) in [6.07, 6.45) is 7.22. The van der Waals surface area contributed by atoms with Crippen LogP contribution in [0.25, 0.3) is 0 Å². The lowest BCUT2D eigenvalue weighted by Gasteiger charge is -1.97. The van der Waals surface area contributed by atoms with Gasteiger partial charge in [-0.3, -0.25) is 0 Å². The van der Waals surface area contributed by atoms with Crippen molar-refractivity contribution < 1.29 is 9.53 Å². The summed E-state index contributed by atoms with van der Waals surface area (Å²) in [6, 6.07) is 1.77. The standard InChI is InChI=1S/C9H9NO2/c1-3-4-7-5-6-10-8(7)9(11)12-2/h1,5-6,10H,4H2,2H3. The van der Waals surface area contributed by atoms with Gasteiger partial charge in [-0.1, -0.05) is 0 Å². The summed E-state index contributed by atoms with van der Waals surface area (Å²) in [6.45, 7) is 0. The second-order valence-electron chi connectivity index (χ2n) is 2.25. The molecule has 0 amide bonds. The maximum atomic E-state index is 11.0. The van der Waals surface area contributed by atoms with Crippen molar-refractivity contribution in [2.24, 2.45) is 0 Å². The lowest BCUT2D eigenvalue weighted by molar-refractivity contribution is 0.0594. The van der Waals surface area contributed by atoms with Crippen LogP contribution < -0.4 is 0 Å². The van der Waals surface area contributed by atoms with Crippen molar-refractivity contribution in [3.8, 4) is 12.3 Å². The highest BCUT2D eigenvalue weighted by molar-refractivity contribution is 5.89. The Hall–Kier alpha value is -1.69. The minimum Gasteiger partial charge on any atom is -0.464 e. The van der Waals surface area contributed by atoms with E-state index in [1.807, 2.05) is 0 Å². The molecule has 1 aromatic rings. The van der Waals surface area contributed by atoms with Gasteiger partial charge in [0.05, 0.1) is 7.11 Å². The van der Waals surface area contributed by atoms with Crippen LogP contribution in [0.15, 0.2) is 12.3 Å². The minimum absolute atomic E-state index is 0.384. The first kappa shape index (κ1) is 8.41. The smallest absolute Gasteiger partial charge is 0.354 e. The highest BCUT2D eigenvalue weighted by atomic mass is 16.5. The van der Waals surface area contributed by atoms with Gasteiger partial charge < -0.3 is 9.72 Å². The van der Waals surface area contributed by atoms with Crippen LogP contribution in [-0.2, 0) is 11.2 Å². The number of methoxy groups -OCH3 is 1. The molecular weight excluding hydrogens is 154 g/mol. The van der Waals surface area contributed by atoms with Crippen molar-refractivity contribution in [2.75, 3.05) is 7.11 Å². The maximum absolute atomic E-state index is 11.0. The van der Waals surface area contributed by atoms with Crippen molar-refractivity contribution in [3.63, 3.8) is 0 Å². The zero-order chi connectivity index (χ0) is 8.97. The third kappa shape index (κ3) is 1.48. The first-order chi connectivity index (χ1) is 5.79. The van der Waals surface area contributed by atoms with Gasteiger partial charge in [-0.05, 0) is 11.6 Å². The van der Waals surface area contributed by atoms with Crippen LogP contribution in [-0.4, -0.2) is 18.1 Å². The summed E-state index contributed by atoms with van der Waals surface area (Å²) in [5.41, 5.74) is 1.24. The largest absolute Gasteiger partial charge is 0.464 e. The predicted octanol–water partition coefficient (Wildman–Crippen LogP) is 0.977. The fourth-order valence-electron chi connectivity index (χ4n) is 0.951. The number of rotatable bonds is 2. The quantitative estimate of drug-likeness (QED) is 0.521. The molecular formula is C9H9NO2. The molecule has 3 nitrogen and oxygen atoms in total. The van der Waals surface area contributed by atoms with Crippen molar-refractivity contribution in [1.82, 2.24) is 4.98 Å². The van der Waals surface area contributed by atoms with Gasteiger partial charge in [0.15, 0.2) is 0 Å². The molecule has 0 aliphatic heterocycles. The number of carbonyl (C=O) groups is 1. The first-order valence-electron chi connectivity index (χ1n) is 3.47. The molecule has 62 valence electrons. The van der Waals surface area contributed by atoms with Crippen LogP contribution in [0.3, 0.4) is 0 Å². The van der Waals surface area contributed by atoms with E-state index in [1.54, 1.807) is 12.3 Å². The number of H-pyrrole nitrogens is 1. The zero-order valence-electron chi connectivity index (χ0n) is 6.76. The Morgan fingerprint density at radius 3 is 3.17 bits per heavy atom. The lowest BCUT2D eigenvalue weighted by Crippen LogP contribution is -2.04. The van der Waals surface area contributed by atoms with E-state index >= 15 is 0 Å². The van der Waals surface area contributed by atoms with E-state index in [2.05, 4.69) is 15.6 Å². The highest BCUT2D eigenvalue weighted by Crippen LogP contribution is 2.07. The molecule has 0 fully saturated rings. The number of nitrogens with one attached hydrogen (secondary N) is 1. The Morgan fingerprint density at radius 1 is 1.83 bits per heavy atom. The fourth-order valence-corrected chi connectivity index (χ4v) is 0.951. The lowest BCUT2D eigenvalue weighted by atomic mass is 10.2. The average Bonchev–Trinajstić information content (AvgIpc) is 2.52. The van der Waals surface area contributed by atoms with Gasteiger partial charge in [0.2, 0.25) is 0 Å². The topological polar surface area (TPSA) is 42.1 Å². The number of hydrogen-bond donors (Lipinski definition) is 1. The Bertz CT molecular complexity index is 320. The number of carbonyl (C=O) groups excluding carboxylic acids is 1. The van der Waals surface area contributed by atoms with Gasteiger partial charge in [0.25, 0.3) is 0 Å². The summed E-state index contributed by atoms with van der Waals surface area (Å²) in [7, 11) is 1.34. The summed E-state index contributed by atoms with van der Waals surface area (Å²) < 4.78 is 4.54. The molecule has 0 spiro atoms. The van der Waals surface area contributed by atoms with Gasteiger partial charge >= 0.3 is 5.97 Å². The summed E-state index contributed by atoms with van der Waals surface area (Å²) in [5.74, 6) is 2.08. The van der Waals surface area contributed by atoms with E-state index < -0.39 is 0 Å². The highest BCUT2D eigenvalue weighted by Gasteiger charge is 2.11. The molecule has 1 heterocycles. The molecule has 0 saturated carbocycles. The minimum atomic E-state index is -0.384. The Morgan fingerprint density at radius 2 is 2.58 bits per heavy atom. The van der Waals surface area contributed by atoms with E-state index in [0.29, 0.717) is 12.1 Å². The van der Waals surface area contributed by atoms with E-state index in [0.717, 1.165) is 5.56 Å². The molecule has 0 unspecified atom stereocenters. The molecule has 1 aromatic heterocycles. The zero-order valence-corrected chi connectivity index (χ0v) is 6.76. The normalized spacial score (nSPS) is 9.00. The van der Waals surface area contributed by atoms with Crippen LogP contribution in [0, 0.1) is 12.3 Å². The number of aromatic nitrogens is 1. The Balaban J connectivity index is 2.92. The molecule has 0 bridgehead atoms.